The van der Waals surface area contributed by atoms with E-state index >= 15 is 0 Å². The lowest BCUT2D eigenvalue weighted by Crippen LogP contribution is -2.36. The third kappa shape index (κ3) is 4.31. The Bertz CT molecular complexity index is 891. The Morgan fingerprint density at radius 1 is 1.19 bits per heavy atom. The van der Waals surface area contributed by atoms with Crippen LogP contribution in [-0.4, -0.2) is 54.9 Å². The molecule has 1 aromatic heterocycles. The van der Waals surface area contributed by atoms with E-state index in [1.807, 2.05) is 29.9 Å². The Morgan fingerprint density at radius 3 is 2.58 bits per heavy atom. The van der Waals surface area contributed by atoms with Crippen molar-refractivity contribution in [3.8, 4) is 11.3 Å². The molecule has 0 saturated carbocycles. The molecule has 8 heteroatoms. The molecule has 2 aromatic rings. The van der Waals surface area contributed by atoms with E-state index in [1.165, 1.54) is 5.56 Å². The molecule has 0 saturated heterocycles. The van der Waals surface area contributed by atoms with Crippen LogP contribution in [0.25, 0.3) is 11.3 Å². The van der Waals surface area contributed by atoms with Crippen molar-refractivity contribution >= 4 is 15.9 Å². The molecule has 0 fully saturated rings. The van der Waals surface area contributed by atoms with Crippen molar-refractivity contribution in [1.29, 1.82) is 0 Å². The van der Waals surface area contributed by atoms with Crippen LogP contribution in [-0.2, 0) is 34.7 Å². The van der Waals surface area contributed by atoms with Gasteiger partial charge >= 0.3 is 0 Å². The fraction of sp³-hybridized carbons (Fsp3) is 0.444. The number of aromatic nitrogens is 2. The van der Waals surface area contributed by atoms with Crippen LogP contribution in [0.5, 0.6) is 0 Å². The van der Waals surface area contributed by atoms with Gasteiger partial charge in [-0.1, -0.05) is 30.3 Å². The molecule has 0 radical (unpaired) electrons. The topological polar surface area (TPSA) is 84.3 Å². The number of rotatable bonds is 5. The number of carbonyl (C=O) groups excluding carboxylic acids is 1. The van der Waals surface area contributed by atoms with Crippen molar-refractivity contribution in [2.24, 2.45) is 7.05 Å². The summed E-state index contributed by atoms with van der Waals surface area (Å²) < 4.78 is 26.5. The highest BCUT2D eigenvalue weighted by Gasteiger charge is 2.24. The van der Waals surface area contributed by atoms with Crippen LogP contribution in [0.1, 0.15) is 17.7 Å². The van der Waals surface area contributed by atoms with E-state index < -0.39 is 10.0 Å². The molecular weight excluding hydrogens is 352 g/mol. The number of nitrogens with one attached hydrogen (secondary N) is 1. The second-order valence-corrected chi connectivity index (χ2v) is 8.39. The minimum absolute atomic E-state index is 0.0306. The van der Waals surface area contributed by atoms with Gasteiger partial charge in [-0.3, -0.25) is 9.48 Å². The highest BCUT2D eigenvalue weighted by atomic mass is 32.2. The normalized spacial score (nSPS) is 14.8. The van der Waals surface area contributed by atoms with Crippen molar-refractivity contribution in [1.82, 2.24) is 19.4 Å². The zero-order chi connectivity index (χ0) is 18.7. The highest BCUT2D eigenvalue weighted by molar-refractivity contribution is 7.88. The van der Waals surface area contributed by atoms with Crippen molar-refractivity contribution in [3.05, 3.63) is 41.6 Å². The maximum atomic E-state index is 12.4. The third-order valence-corrected chi connectivity index (χ3v) is 5.31. The monoisotopic (exact) mass is 376 g/mol. The fourth-order valence-electron chi connectivity index (χ4n) is 3.39. The van der Waals surface area contributed by atoms with Gasteiger partial charge < -0.3 is 4.90 Å². The third-order valence-electron chi connectivity index (χ3n) is 4.58. The van der Waals surface area contributed by atoms with Crippen LogP contribution in [0.2, 0.25) is 0 Å². The molecule has 7 nitrogen and oxygen atoms in total. The summed E-state index contributed by atoms with van der Waals surface area (Å²) in [6, 6.07) is 10.2. The standard InChI is InChI=1S/C18H24N4O3S/c1-21-18(14-6-4-3-5-7-14)15-9-12-22(13-10-16(15)20-21)17(23)8-11-19-26(2,24)25/h3-7,19H,8-13H2,1-2H3. The maximum absolute atomic E-state index is 12.4. The number of fused-ring (bicyclic) bond motifs is 1. The molecular formula is C18H24N4O3S. The van der Waals surface area contributed by atoms with E-state index in [1.54, 1.807) is 4.90 Å². The van der Waals surface area contributed by atoms with E-state index in [-0.39, 0.29) is 18.9 Å². The highest BCUT2D eigenvalue weighted by Crippen LogP contribution is 2.28. The average molecular weight is 376 g/mol. The van der Waals surface area contributed by atoms with Gasteiger partial charge in [-0.15, -0.1) is 0 Å². The van der Waals surface area contributed by atoms with Crippen LogP contribution in [0.3, 0.4) is 0 Å². The Hall–Kier alpha value is -2.19. The first-order chi connectivity index (χ1) is 12.3. The summed E-state index contributed by atoms with van der Waals surface area (Å²) in [7, 11) is -1.31. The van der Waals surface area contributed by atoms with E-state index in [2.05, 4.69) is 22.0 Å². The first-order valence-corrected chi connectivity index (χ1v) is 10.6. The summed E-state index contributed by atoms with van der Waals surface area (Å²) in [6.07, 6.45) is 2.72. The molecule has 1 aliphatic heterocycles. The number of hydrogen-bond acceptors (Lipinski definition) is 4. The van der Waals surface area contributed by atoms with Crippen molar-refractivity contribution in [3.63, 3.8) is 0 Å². The summed E-state index contributed by atoms with van der Waals surface area (Å²) in [6.45, 7) is 1.36. The van der Waals surface area contributed by atoms with Crippen LogP contribution in [0, 0.1) is 0 Å². The number of hydrogen-bond donors (Lipinski definition) is 1. The van der Waals surface area contributed by atoms with Gasteiger partial charge in [-0.2, -0.15) is 5.10 Å². The van der Waals surface area contributed by atoms with Gasteiger partial charge in [0.2, 0.25) is 15.9 Å². The van der Waals surface area contributed by atoms with E-state index in [0.29, 0.717) is 19.5 Å². The zero-order valence-electron chi connectivity index (χ0n) is 15.1. The molecule has 3 rings (SSSR count). The number of nitrogens with zero attached hydrogens (tertiary/aromatic N) is 3. The minimum Gasteiger partial charge on any atom is -0.342 e. The zero-order valence-corrected chi connectivity index (χ0v) is 15.9. The summed E-state index contributed by atoms with van der Waals surface area (Å²) in [5, 5.41) is 4.66. The van der Waals surface area contributed by atoms with Crippen LogP contribution in [0.4, 0.5) is 0 Å². The summed E-state index contributed by atoms with van der Waals surface area (Å²) >= 11 is 0. The molecule has 1 N–H and O–H groups in total. The first-order valence-electron chi connectivity index (χ1n) is 8.68. The Morgan fingerprint density at radius 2 is 1.88 bits per heavy atom. The lowest BCUT2D eigenvalue weighted by atomic mass is 10.0. The van der Waals surface area contributed by atoms with Crippen molar-refractivity contribution in [2.45, 2.75) is 19.3 Å². The fourth-order valence-corrected chi connectivity index (χ4v) is 3.87. The Balaban J connectivity index is 1.70. The van der Waals surface area contributed by atoms with Gasteiger partial charge in [0.25, 0.3) is 0 Å². The summed E-state index contributed by atoms with van der Waals surface area (Å²) in [5.74, 6) is -0.0306. The maximum Gasteiger partial charge on any atom is 0.223 e. The average Bonchev–Trinajstić information content (AvgIpc) is 2.76. The summed E-state index contributed by atoms with van der Waals surface area (Å²) in [5.41, 5.74) is 4.47. The van der Waals surface area contributed by atoms with Crippen LogP contribution in [0.15, 0.2) is 30.3 Å². The number of sulfonamides is 1. The Kier molecular flexibility index (Phi) is 5.43. The predicted octanol–water partition coefficient (Wildman–Crippen LogP) is 0.954. The smallest absolute Gasteiger partial charge is 0.223 e. The molecule has 0 bridgehead atoms. The van der Waals surface area contributed by atoms with Gasteiger partial charge in [-0.25, -0.2) is 13.1 Å². The molecule has 0 unspecified atom stereocenters. The molecule has 0 atom stereocenters. The second-order valence-electron chi connectivity index (χ2n) is 6.56. The number of benzene rings is 1. The molecule has 1 amide bonds. The molecule has 2 heterocycles. The second kappa shape index (κ2) is 7.59. The molecule has 26 heavy (non-hydrogen) atoms. The van der Waals surface area contributed by atoms with Gasteiger partial charge in [-0.05, 0) is 6.42 Å². The van der Waals surface area contributed by atoms with Crippen molar-refractivity contribution < 1.29 is 13.2 Å². The first kappa shape index (κ1) is 18.6. The van der Waals surface area contributed by atoms with Crippen molar-refractivity contribution in [2.75, 3.05) is 25.9 Å². The lowest BCUT2D eigenvalue weighted by Gasteiger charge is -2.20. The lowest BCUT2D eigenvalue weighted by molar-refractivity contribution is -0.130. The van der Waals surface area contributed by atoms with E-state index in [9.17, 15) is 13.2 Å². The number of aryl methyl sites for hydroxylation is 1. The number of amides is 1. The van der Waals surface area contributed by atoms with E-state index in [0.717, 1.165) is 29.6 Å². The summed E-state index contributed by atoms with van der Waals surface area (Å²) in [4.78, 5) is 14.2. The number of carbonyl (C=O) groups is 1. The molecule has 0 spiro atoms. The molecule has 1 aromatic carbocycles. The largest absolute Gasteiger partial charge is 0.342 e. The molecule has 1 aliphatic rings. The van der Waals surface area contributed by atoms with E-state index in [4.69, 9.17) is 0 Å². The van der Waals surface area contributed by atoms with Gasteiger partial charge in [0.15, 0.2) is 0 Å². The SMILES string of the molecule is Cn1nc2c(c1-c1ccccc1)CCN(C(=O)CCNS(C)(=O)=O)CC2. The van der Waals surface area contributed by atoms with Gasteiger partial charge in [0, 0.05) is 50.7 Å². The van der Waals surface area contributed by atoms with Crippen LogP contribution < -0.4 is 4.72 Å². The quantitative estimate of drug-likeness (QED) is 0.842. The van der Waals surface area contributed by atoms with Gasteiger partial charge in [0.1, 0.15) is 0 Å². The molecule has 140 valence electrons. The van der Waals surface area contributed by atoms with Crippen LogP contribution >= 0.6 is 0 Å². The molecule has 0 aliphatic carbocycles. The predicted molar refractivity (Wildman–Crippen MR) is 100 cm³/mol. The minimum atomic E-state index is -3.27. The van der Waals surface area contributed by atoms with Gasteiger partial charge in [0.05, 0.1) is 17.6 Å². The Labute approximate surface area is 154 Å².